The highest BCUT2D eigenvalue weighted by Gasteiger charge is 2.07. The molecule has 0 aliphatic carbocycles. The predicted octanol–water partition coefficient (Wildman–Crippen LogP) is 3.99. The van der Waals surface area contributed by atoms with Crippen LogP contribution >= 0.6 is 0 Å². The number of carbonyl (C=O) groups is 2. The van der Waals surface area contributed by atoms with E-state index in [1.54, 1.807) is 12.1 Å². The Kier molecular flexibility index (Phi) is 5.27. The summed E-state index contributed by atoms with van der Waals surface area (Å²) in [5.74, 6) is 0.0263. The first-order chi connectivity index (χ1) is 10.1. The highest BCUT2D eigenvalue weighted by Crippen LogP contribution is 2.11. The molecular formula is C18H19NO2. The summed E-state index contributed by atoms with van der Waals surface area (Å²) >= 11 is 0. The van der Waals surface area contributed by atoms with Gasteiger partial charge < -0.3 is 5.32 Å². The number of anilines is 1. The Balaban J connectivity index is 1.74. The van der Waals surface area contributed by atoms with Gasteiger partial charge in [-0.25, -0.2) is 0 Å². The highest BCUT2D eigenvalue weighted by molar-refractivity contribution is 5.96. The van der Waals surface area contributed by atoms with Crippen LogP contribution in [0.1, 0.15) is 35.2 Å². The van der Waals surface area contributed by atoms with Crippen molar-refractivity contribution in [2.24, 2.45) is 0 Å². The van der Waals surface area contributed by atoms with E-state index in [1.165, 1.54) is 0 Å². The maximum absolute atomic E-state index is 11.9. The van der Waals surface area contributed by atoms with E-state index in [4.69, 9.17) is 0 Å². The lowest BCUT2D eigenvalue weighted by molar-refractivity contribution is -0.116. The van der Waals surface area contributed by atoms with Gasteiger partial charge in [-0.15, -0.1) is 0 Å². The molecule has 0 atom stereocenters. The maximum Gasteiger partial charge on any atom is 0.224 e. The van der Waals surface area contributed by atoms with Crippen LogP contribution in [0.4, 0.5) is 5.69 Å². The van der Waals surface area contributed by atoms with Crippen molar-refractivity contribution in [1.82, 2.24) is 0 Å². The normalized spacial score (nSPS) is 10.1. The molecular weight excluding hydrogens is 262 g/mol. The number of Topliss-reactive ketones (excluding diaryl/α,β-unsaturated/α-hetero) is 1. The Morgan fingerprint density at radius 1 is 0.905 bits per heavy atom. The minimum absolute atomic E-state index is 0.0558. The Labute approximate surface area is 125 Å². The van der Waals surface area contributed by atoms with Gasteiger partial charge in [-0.3, -0.25) is 9.59 Å². The molecule has 21 heavy (non-hydrogen) atoms. The predicted molar refractivity (Wildman–Crippen MR) is 84.4 cm³/mol. The zero-order valence-electron chi connectivity index (χ0n) is 12.1. The Morgan fingerprint density at radius 3 is 2.24 bits per heavy atom. The van der Waals surface area contributed by atoms with Gasteiger partial charge in [-0.2, -0.15) is 0 Å². The van der Waals surface area contributed by atoms with E-state index in [-0.39, 0.29) is 11.7 Å². The van der Waals surface area contributed by atoms with Gasteiger partial charge in [0.2, 0.25) is 5.91 Å². The summed E-state index contributed by atoms with van der Waals surface area (Å²) < 4.78 is 0. The fourth-order valence-electron chi connectivity index (χ4n) is 2.04. The number of hydrogen-bond donors (Lipinski definition) is 1. The molecule has 0 radical (unpaired) electrons. The summed E-state index contributed by atoms with van der Waals surface area (Å²) in [6, 6.07) is 16.8. The van der Waals surface area contributed by atoms with Crippen molar-refractivity contribution in [2.75, 3.05) is 5.32 Å². The number of rotatable bonds is 6. The lowest BCUT2D eigenvalue weighted by Crippen LogP contribution is -2.12. The van der Waals surface area contributed by atoms with E-state index in [2.05, 4.69) is 5.32 Å². The second-order valence-corrected chi connectivity index (χ2v) is 5.06. The van der Waals surface area contributed by atoms with Gasteiger partial charge in [0.05, 0.1) is 0 Å². The maximum atomic E-state index is 11.9. The van der Waals surface area contributed by atoms with Crippen LogP contribution < -0.4 is 5.32 Å². The zero-order chi connectivity index (χ0) is 15.1. The quantitative estimate of drug-likeness (QED) is 0.814. The highest BCUT2D eigenvalue weighted by atomic mass is 16.1. The van der Waals surface area contributed by atoms with E-state index < -0.39 is 0 Å². The average Bonchev–Trinajstić information content (AvgIpc) is 2.50. The molecule has 1 N–H and O–H groups in total. The van der Waals surface area contributed by atoms with Gasteiger partial charge in [-0.05, 0) is 25.5 Å². The van der Waals surface area contributed by atoms with Crippen LogP contribution in [0.3, 0.4) is 0 Å². The third kappa shape index (κ3) is 4.88. The second kappa shape index (κ2) is 7.39. The molecule has 0 unspecified atom stereocenters. The molecule has 0 bridgehead atoms. The molecule has 0 spiro atoms. The van der Waals surface area contributed by atoms with E-state index >= 15 is 0 Å². The standard InChI is InChI=1S/C18H19NO2/c1-14-10-12-16(13-11-14)19-18(21)9-5-8-17(20)15-6-3-2-4-7-15/h2-4,6-7,10-13H,5,8-9H2,1H3,(H,19,21). The van der Waals surface area contributed by atoms with Crippen LogP contribution in [0.5, 0.6) is 0 Å². The number of aryl methyl sites for hydroxylation is 1. The second-order valence-electron chi connectivity index (χ2n) is 5.06. The molecule has 2 rings (SSSR count). The first-order valence-electron chi connectivity index (χ1n) is 7.10. The molecule has 0 aliphatic rings. The van der Waals surface area contributed by atoms with Crippen molar-refractivity contribution in [3.8, 4) is 0 Å². The van der Waals surface area contributed by atoms with Gasteiger partial charge in [0.15, 0.2) is 5.78 Å². The van der Waals surface area contributed by atoms with Gasteiger partial charge in [0.1, 0.15) is 0 Å². The Bertz CT molecular complexity index is 603. The molecule has 3 heteroatoms. The SMILES string of the molecule is Cc1ccc(NC(=O)CCCC(=O)c2ccccc2)cc1. The molecule has 0 saturated heterocycles. The van der Waals surface area contributed by atoms with Crippen LogP contribution in [-0.4, -0.2) is 11.7 Å². The lowest BCUT2D eigenvalue weighted by atomic mass is 10.1. The van der Waals surface area contributed by atoms with Gasteiger partial charge >= 0.3 is 0 Å². The summed E-state index contributed by atoms with van der Waals surface area (Å²) in [5.41, 5.74) is 2.65. The van der Waals surface area contributed by atoms with Crippen LogP contribution in [0.15, 0.2) is 54.6 Å². The van der Waals surface area contributed by atoms with Crippen molar-refractivity contribution in [3.05, 3.63) is 65.7 Å². The number of carbonyl (C=O) groups excluding carboxylic acids is 2. The smallest absolute Gasteiger partial charge is 0.224 e. The largest absolute Gasteiger partial charge is 0.326 e. The van der Waals surface area contributed by atoms with Crippen LogP contribution in [0.2, 0.25) is 0 Å². The van der Waals surface area contributed by atoms with Crippen molar-refractivity contribution < 1.29 is 9.59 Å². The Hall–Kier alpha value is -2.42. The summed E-state index contributed by atoms with van der Waals surface area (Å²) in [6.07, 6.45) is 1.31. The molecule has 0 aromatic heterocycles. The minimum Gasteiger partial charge on any atom is -0.326 e. The van der Waals surface area contributed by atoms with Gasteiger partial charge in [-0.1, -0.05) is 48.0 Å². The summed E-state index contributed by atoms with van der Waals surface area (Å²) in [5, 5.41) is 2.83. The monoisotopic (exact) mass is 281 g/mol. The fraction of sp³-hybridized carbons (Fsp3) is 0.222. The van der Waals surface area contributed by atoms with Crippen molar-refractivity contribution in [1.29, 1.82) is 0 Å². The molecule has 1 amide bonds. The first-order valence-corrected chi connectivity index (χ1v) is 7.10. The van der Waals surface area contributed by atoms with Gasteiger partial charge in [0.25, 0.3) is 0 Å². The topological polar surface area (TPSA) is 46.2 Å². The van der Waals surface area contributed by atoms with E-state index in [1.807, 2.05) is 49.4 Å². The first kappa shape index (κ1) is 15.0. The fourth-order valence-corrected chi connectivity index (χ4v) is 2.04. The zero-order valence-corrected chi connectivity index (χ0v) is 12.1. The van der Waals surface area contributed by atoms with Crippen LogP contribution in [0, 0.1) is 6.92 Å². The minimum atomic E-state index is -0.0558. The van der Waals surface area contributed by atoms with E-state index in [9.17, 15) is 9.59 Å². The number of amides is 1. The van der Waals surface area contributed by atoms with E-state index in [0.717, 1.165) is 11.3 Å². The molecule has 2 aromatic rings. The van der Waals surface area contributed by atoms with Crippen molar-refractivity contribution in [2.45, 2.75) is 26.2 Å². The molecule has 0 fully saturated rings. The molecule has 0 saturated carbocycles. The third-order valence-corrected chi connectivity index (χ3v) is 3.24. The lowest BCUT2D eigenvalue weighted by Gasteiger charge is -2.05. The molecule has 0 aliphatic heterocycles. The summed E-state index contributed by atoms with van der Waals surface area (Å²) in [6.45, 7) is 2.00. The number of nitrogens with one attached hydrogen (secondary N) is 1. The molecule has 0 heterocycles. The van der Waals surface area contributed by atoms with Crippen molar-refractivity contribution >= 4 is 17.4 Å². The number of ketones is 1. The van der Waals surface area contributed by atoms with E-state index in [0.29, 0.717) is 24.8 Å². The number of hydrogen-bond acceptors (Lipinski definition) is 2. The molecule has 108 valence electrons. The third-order valence-electron chi connectivity index (χ3n) is 3.24. The van der Waals surface area contributed by atoms with Crippen LogP contribution in [0.25, 0.3) is 0 Å². The van der Waals surface area contributed by atoms with Gasteiger partial charge in [0, 0.05) is 24.1 Å². The summed E-state index contributed by atoms with van der Waals surface area (Å²) in [4.78, 5) is 23.7. The summed E-state index contributed by atoms with van der Waals surface area (Å²) in [7, 11) is 0. The Morgan fingerprint density at radius 2 is 1.57 bits per heavy atom. The number of benzene rings is 2. The average molecular weight is 281 g/mol. The molecule has 2 aromatic carbocycles. The van der Waals surface area contributed by atoms with Crippen LogP contribution in [-0.2, 0) is 4.79 Å². The molecule has 3 nitrogen and oxygen atoms in total. The van der Waals surface area contributed by atoms with Crippen molar-refractivity contribution in [3.63, 3.8) is 0 Å².